The van der Waals surface area contributed by atoms with E-state index in [2.05, 4.69) is 120 Å². The Labute approximate surface area is 224 Å². The van der Waals surface area contributed by atoms with Gasteiger partial charge in [-0.15, -0.1) is 0 Å². The molecule has 1 aromatic heterocycles. The molecule has 1 heterocycles. The number of hydrogen-bond acceptors (Lipinski definition) is 6. The number of anilines is 3. The molecule has 0 fully saturated rings. The Morgan fingerprint density at radius 2 is 0.556 bits per heavy atom. The second-order valence-electron chi connectivity index (χ2n) is 16.5. The monoisotopic (exact) mass is 504 g/mol. The van der Waals surface area contributed by atoms with E-state index in [4.69, 9.17) is 15.0 Å². The fraction of sp³-hybridized carbons (Fsp3) is 0.900. The molecule has 0 unspecified atom stereocenters. The van der Waals surface area contributed by atoms with Crippen molar-refractivity contribution in [2.24, 2.45) is 16.2 Å². The van der Waals surface area contributed by atoms with Gasteiger partial charge in [0, 0.05) is 16.6 Å². The highest BCUT2D eigenvalue weighted by molar-refractivity contribution is 5.45. The standard InChI is InChI=1S/C30H60N6/c1-25(2,3)16-19-28(10,11)34-22-31-23(35-29(12,13)20-17-26(4,5)6)33-24(32-22)36-30(14,15)21-18-27(7,8)9/h16-21H2,1-15H3,(H3,31,32,33,34,35,36). The number of rotatable bonds is 12. The highest BCUT2D eigenvalue weighted by Gasteiger charge is 2.27. The van der Waals surface area contributed by atoms with Crippen LogP contribution in [-0.4, -0.2) is 31.6 Å². The quantitative estimate of drug-likeness (QED) is 0.264. The molecule has 0 amide bonds. The van der Waals surface area contributed by atoms with Gasteiger partial charge < -0.3 is 16.0 Å². The Balaban J connectivity index is 3.22. The molecule has 3 N–H and O–H groups in total. The molecule has 1 aromatic rings. The van der Waals surface area contributed by atoms with Gasteiger partial charge in [-0.3, -0.25) is 0 Å². The first-order valence-electron chi connectivity index (χ1n) is 14.0. The molecule has 6 heteroatoms. The highest BCUT2D eigenvalue weighted by atomic mass is 15.3. The zero-order valence-corrected chi connectivity index (χ0v) is 26.6. The van der Waals surface area contributed by atoms with E-state index in [0.29, 0.717) is 17.8 Å². The number of nitrogens with zero attached hydrogens (tertiary/aromatic N) is 3. The Hall–Kier alpha value is -1.59. The van der Waals surface area contributed by atoms with Crippen molar-refractivity contribution < 1.29 is 0 Å². The largest absolute Gasteiger partial charge is 0.349 e. The van der Waals surface area contributed by atoms with Crippen molar-refractivity contribution in [3.05, 3.63) is 0 Å². The third-order valence-corrected chi connectivity index (χ3v) is 6.49. The van der Waals surface area contributed by atoms with Gasteiger partial charge in [-0.25, -0.2) is 0 Å². The summed E-state index contributed by atoms with van der Waals surface area (Å²) in [6, 6.07) is 0. The van der Waals surface area contributed by atoms with Gasteiger partial charge in [-0.2, -0.15) is 15.0 Å². The predicted octanol–water partition coefficient (Wildman–Crippen LogP) is 8.92. The highest BCUT2D eigenvalue weighted by Crippen LogP contribution is 2.31. The van der Waals surface area contributed by atoms with E-state index in [1.54, 1.807) is 0 Å². The summed E-state index contributed by atoms with van der Waals surface area (Å²) in [6.07, 6.45) is 6.45. The summed E-state index contributed by atoms with van der Waals surface area (Å²) in [5.41, 5.74) is 0.453. The first kappa shape index (κ1) is 32.4. The second kappa shape index (κ2) is 11.4. The van der Waals surface area contributed by atoms with E-state index in [1.807, 2.05) is 0 Å². The van der Waals surface area contributed by atoms with Crippen LogP contribution in [0.5, 0.6) is 0 Å². The van der Waals surface area contributed by atoms with Gasteiger partial charge in [0.25, 0.3) is 0 Å². The summed E-state index contributed by atoms with van der Waals surface area (Å²) in [5, 5.41) is 10.8. The molecule has 0 aliphatic carbocycles. The van der Waals surface area contributed by atoms with Crippen molar-refractivity contribution in [2.45, 2.75) is 159 Å². The maximum atomic E-state index is 4.82. The molecule has 0 aliphatic rings. The number of aromatic nitrogens is 3. The minimum atomic E-state index is -0.132. The molecule has 0 saturated carbocycles. The lowest BCUT2D eigenvalue weighted by molar-refractivity contribution is 0.324. The molecular formula is C30H60N6. The molecular weight excluding hydrogens is 444 g/mol. The normalized spacial score (nSPS) is 14.1. The second-order valence-corrected chi connectivity index (χ2v) is 16.5. The van der Waals surface area contributed by atoms with Gasteiger partial charge in [0.2, 0.25) is 17.8 Å². The average Bonchev–Trinajstić information content (AvgIpc) is 2.61. The van der Waals surface area contributed by atoms with Crippen LogP contribution in [-0.2, 0) is 0 Å². The van der Waals surface area contributed by atoms with Gasteiger partial charge in [-0.05, 0) is 96.3 Å². The Morgan fingerprint density at radius 1 is 0.361 bits per heavy atom. The lowest BCUT2D eigenvalue weighted by Crippen LogP contribution is -2.36. The molecule has 0 radical (unpaired) electrons. The maximum Gasteiger partial charge on any atom is 0.229 e. The van der Waals surface area contributed by atoms with Crippen LogP contribution in [0.4, 0.5) is 17.8 Å². The van der Waals surface area contributed by atoms with Crippen LogP contribution < -0.4 is 16.0 Å². The van der Waals surface area contributed by atoms with Crippen LogP contribution in [0.1, 0.15) is 142 Å². The van der Waals surface area contributed by atoms with Gasteiger partial charge in [0.05, 0.1) is 0 Å². The first-order chi connectivity index (χ1) is 15.9. The SMILES string of the molecule is CC(C)(C)CCC(C)(C)Nc1nc(NC(C)(C)CCC(C)(C)C)nc(NC(C)(C)CCC(C)(C)C)n1. The van der Waals surface area contributed by atoms with Crippen LogP contribution in [0.15, 0.2) is 0 Å². The summed E-state index contributed by atoms with van der Waals surface area (Å²) in [6.45, 7) is 33.9. The summed E-state index contributed by atoms with van der Waals surface area (Å²) in [7, 11) is 0. The van der Waals surface area contributed by atoms with Gasteiger partial charge in [0.1, 0.15) is 0 Å². The summed E-state index contributed by atoms with van der Waals surface area (Å²) < 4.78 is 0. The molecule has 0 saturated heterocycles. The Morgan fingerprint density at radius 3 is 0.722 bits per heavy atom. The molecule has 0 spiro atoms. The lowest BCUT2D eigenvalue weighted by Gasteiger charge is -2.33. The van der Waals surface area contributed by atoms with Crippen molar-refractivity contribution in [1.82, 2.24) is 15.0 Å². The van der Waals surface area contributed by atoms with E-state index >= 15 is 0 Å². The molecule has 6 nitrogen and oxygen atoms in total. The van der Waals surface area contributed by atoms with Crippen LogP contribution >= 0.6 is 0 Å². The van der Waals surface area contributed by atoms with Crippen molar-refractivity contribution in [3.8, 4) is 0 Å². The Bertz CT molecular complexity index is 698. The molecule has 0 atom stereocenters. The molecule has 36 heavy (non-hydrogen) atoms. The van der Waals surface area contributed by atoms with Gasteiger partial charge in [-0.1, -0.05) is 62.3 Å². The number of nitrogens with one attached hydrogen (secondary N) is 3. The minimum absolute atomic E-state index is 0.132. The molecule has 0 aliphatic heterocycles. The fourth-order valence-electron chi connectivity index (χ4n) is 3.70. The third-order valence-electron chi connectivity index (χ3n) is 6.49. The van der Waals surface area contributed by atoms with Crippen molar-refractivity contribution in [1.29, 1.82) is 0 Å². The van der Waals surface area contributed by atoms with E-state index in [0.717, 1.165) is 38.5 Å². The summed E-state index contributed by atoms with van der Waals surface area (Å²) in [5.74, 6) is 1.85. The van der Waals surface area contributed by atoms with E-state index in [-0.39, 0.29) is 32.9 Å². The van der Waals surface area contributed by atoms with Crippen LogP contribution in [0.25, 0.3) is 0 Å². The van der Waals surface area contributed by atoms with Crippen molar-refractivity contribution >= 4 is 17.8 Å². The minimum Gasteiger partial charge on any atom is -0.349 e. The Kier molecular flexibility index (Phi) is 10.3. The number of hydrogen-bond donors (Lipinski definition) is 3. The summed E-state index contributed by atoms with van der Waals surface area (Å²) >= 11 is 0. The van der Waals surface area contributed by atoms with Gasteiger partial charge in [0.15, 0.2) is 0 Å². The van der Waals surface area contributed by atoms with Crippen molar-refractivity contribution in [3.63, 3.8) is 0 Å². The molecule has 1 rings (SSSR count). The smallest absolute Gasteiger partial charge is 0.229 e. The van der Waals surface area contributed by atoms with Crippen LogP contribution in [0.3, 0.4) is 0 Å². The van der Waals surface area contributed by atoms with E-state index in [9.17, 15) is 0 Å². The van der Waals surface area contributed by atoms with Crippen LogP contribution in [0, 0.1) is 16.2 Å². The molecule has 210 valence electrons. The topological polar surface area (TPSA) is 74.8 Å². The zero-order valence-electron chi connectivity index (χ0n) is 26.6. The van der Waals surface area contributed by atoms with Gasteiger partial charge >= 0.3 is 0 Å². The lowest BCUT2D eigenvalue weighted by atomic mass is 9.85. The van der Waals surface area contributed by atoms with Crippen LogP contribution in [0.2, 0.25) is 0 Å². The van der Waals surface area contributed by atoms with E-state index in [1.165, 1.54) is 0 Å². The average molecular weight is 505 g/mol. The maximum absolute atomic E-state index is 4.82. The van der Waals surface area contributed by atoms with Crippen molar-refractivity contribution in [2.75, 3.05) is 16.0 Å². The summed E-state index contributed by atoms with van der Waals surface area (Å²) in [4.78, 5) is 14.5. The predicted molar refractivity (Wildman–Crippen MR) is 159 cm³/mol. The zero-order chi connectivity index (χ0) is 28.2. The fourth-order valence-corrected chi connectivity index (χ4v) is 3.70. The third kappa shape index (κ3) is 14.8. The molecule has 0 aromatic carbocycles. The van der Waals surface area contributed by atoms with E-state index < -0.39 is 0 Å². The molecule has 0 bridgehead atoms. The first-order valence-corrected chi connectivity index (χ1v) is 14.0.